The Hall–Kier alpha value is -0.660. The average molecular weight is 298 g/mol. The van der Waals surface area contributed by atoms with E-state index in [1.54, 1.807) is 16.4 Å². The van der Waals surface area contributed by atoms with Crippen molar-refractivity contribution in [3.63, 3.8) is 0 Å². The van der Waals surface area contributed by atoms with Crippen LogP contribution in [0.15, 0.2) is 5.16 Å². The van der Waals surface area contributed by atoms with Crippen molar-refractivity contribution in [1.82, 2.24) is 20.2 Å². The van der Waals surface area contributed by atoms with Gasteiger partial charge in [-0.1, -0.05) is 31.0 Å². The van der Waals surface area contributed by atoms with E-state index in [0.717, 1.165) is 24.6 Å². The Balaban J connectivity index is 1.63. The van der Waals surface area contributed by atoms with Crippen LogP contribution in [0.3, 0.4) is 0 Å². The zero-order valence-electron chi connectivity index (χ0n) is 11.7. The van der Waals surface area contributed by atoms with Gasteiger partial charge >= 0.3 is 0 Å². The molecule has 1 spiro atoms. The molecule has 6 nitrogen and oxygen atoms in total. The van der Waals surface area contributed by atoms with E-state index in [0.29, 0.717) is 11.8 Å². The standard InChI is InChI=1S/C13H22N4O2S/c18-8-7-17-12(14-15-16-17)20-11-4-9-19-13(10-11)5-2-1-3-6-13/h11,18H,1-10H2. The number of tetrazole rings is 1. The van der Waals surface area contributed by atoms with Crippen LogP contribution < -0.4 is 0 Å². The molecule has 1 unspecified atom stereocenters. The van der Waals surface area contributed by atoms with Crippen molar-refractivity contribution in [1.29, 1.82) is 0 Å². The predicted molar refractivity (Wildman–Crippen MR) is 75.5 cm³/mol. The third-order valence-corrected chi connectivity index (χ3v) is 5.53. The Morgan fingerprint density at radius 1 is 1.35 bits per heavy atom. The van der Waals surface area contributed by atoms with Crippen LogP contribution in [0.1, 0.15) is 44.9 Å². The van der Waals surface area contributed by atoms with E-state index in [-0.39, 0.29) is 12.2 Å². The molecule has 1 aliphatic heterocycles. The first kappa shape index (κ1) is 14.3. The molecular formula is C13H22N4O2S. The van der Waals surface area contributed by atoms with Crippen LogP contribution >= 0.6 is 11.8 Å². The predicted octanol–water partition coefficient (Wildman–Crippen LogP) is 1.64. The lowest BCUT2D eigenvalue weighted by molar-refractivity contribution is -0.0971. The Morgan fingerprint density at radius 3 is 3.00 bits per heavy atom. The molecule has 1 saturated heterocycles. The van der Waals surface area contributed by atoms with Crippen molar-refractivity contribution < 1.29 is 9.84 Å². The molecule has 20 heavy (non-hydrogen) atoms. The highest BCUT2D eigenvalue weighted by Gasteiger charge is 2.39. The summed E-state index contributed by atoms with van der Waals surface area (Å²) in [5, 5.41) is 22.1. The second-order valence-electron chi connectivity index (χ2n) is 5.73. The first-order chi connectivity index (χ1) is 9.81. The lowest BCUT2D eigenvalue weighted by atomic mass is 9.80. The van der Waals surface area contributed by atoms with Crippen molar-refractivity contribution in [3.8, 4) is 0 Å². The Morgan fingerprint density at radius 2 is 2.20 bits per heavy atom. The largest absolute Gasteiger partial charge is 0.394 e. The molecule has 112 valence electrons. The zero-order valence-corrected chi connectivity index (χ0v) is 12.5. The summed E-state index contributed by atoms with van der Waals surface area (Å²) in [6, 6.07) is 0. The summed E-state index contributed by atoms with van der Waals surface area (Å²) in [5.74, 6) is 0. The maximum atomic E-state index is 9.02. The minimum absolute atomic E-state index is 0.0658. The van der Waals surface area contributed by atoms with E-state index >= 15 is 0 Å². The molecule has 1 aliphatic carbocycles. The highest BCUT2D eigenvalue weighted by atomic mass is 32.2. The lowest BCUT2D eigenvalue weighted by Crippen LogP contribution is -2.42. The fourth-order valence-corrected chi connectivity index (χ4v) is 4.53. The second kappa shape index (κ2) is 6.41. The minimum atomic E-state index is 0.0658. The third kappa shape index (κ3) is 3.15. The Kier molecular flexibility index (Phi) is 4.58. The summed E-state index contributed by atoms with van der Waals surface area (Å²) in [6.45, 7) is 1.37. The van der Waals surface area contributed by atoms with Gasteiger partial charge in [0, 0.05) is 11.9 Å². The van der Waals surface area contributed by atoms with Crippen LogP contribution in [-0.4, -0.2) is 49.4 Å². The molecule has 1 atom stereocenters. The normalized spacial score (nSPS) is 25.9. The first-order valence-electron chi connectivity index (χ1n) is 7.49. The van der Waals surface area contributed by atoms with Gasteiger partial charge in [0.25, 0.3) is 0 Å². The number of ether oxygens (including phenoxy) is 1. The van der Waals surface area contributed by atoms with E-state index in [2.05, 4.69) is 15.5 Å². The zero-order chi connectivity index (χ0) is 13.8. The summed E-state index contributed by atoms with van der Waals surface area (Å²) in [4.78, 5) is 0. The molecule has 2 fully saturated rings. The lowest BCUT2D eigenvalue weighted by Gasteiger charge is -2.43. The van der Waals surface area contributed by atoms with Crippen molar-refractivity contribution in [2.45, 2.75) is 67.5 Å². The van der Waals surface area contributed by atoms with Crippen LogP contribution in [0.25, 0.3) is 0 Å². The maximum absolute atomic E-state index is 9.02. The van der Waals surface area contributed by atoms with Gasteiger partial charge in [0.2, 0.25) is 5.16 Å². The summed E-state index contributed by atoms with van der Waals surface area (Å²) in [7, 11) is 0. The van der Waals surface area contributed by atoms with Crippen LogP contribution in [0, 0.1) is 0 Å². The monoisotopic (exact) mass is 298 g/mol. The number of thioether (sulfide) groups is 1. The molecule has 1 aromatic heterocycles. The van der Waals surface area contributed by atoms with Crippen LogP contribution in [0.4, 0.5) is 0 Å². The molecule has 1 aromatic rings. The van der Waals surface area contributed by atoms with Crippen molar-refractivity contribution in [3.05, 3.63) is 0 Å². The van der Waals surface area contributed by atoms with Crippen LogP contribution in [0.5, 0.6) is 0 Å². The minimum Gasteiger partial charge on any atom is -0.394 e. The second-order valence-corrected chi connectivity index (χ2v) is 7.00. The molecule has 2 aliphatic rings. The van der Waals surface area contributed by atoms with E-state index in [9.17, 15) is 0 Å². The van der Waals surface area contributed by atoms with Gasteiger partial charge in [-0.05, 0) is 36.1 Å². The average Bonchev–Trinajstić information content (AvgIpc) is 2.88. The molecule has 7 heteroatoms. The molecule has 1 saturated carbocycles. The SMILES string of the molecule is OCCn1nnnc1SC1CCOC2(CCCCC2)C1. The molecule has 0 amide bonds. The highest BCUT2D eigenvalue weighted by Crippen LogP contribution is 2.42. The van der Waals surface area contributed by atoms with Crippen molar-refractivity contribution in [2.24, 2.45) is 0 Å². The van der Waals surface area contributed by atoms with Crippen LogP contribution in [0.2, 0.25) is 0 Å². The van der Waals surface area contributed by atoms with Gasteiger partial charge in [0.15, 0.2) is 0 Å². The fraction of sp³-hybridized carbons (Fsp3) is 0.923. The van der Waals surface area contributed by atoms with E-state index in [4.69, 9.17) is 9.84 Å². The van der Waals surface area contributed by atoms with E-state index in [1.807, 2.05) is 0 Å². The quantitative estimate of drug-likeness (QED) is 0.911. The third-order valence-electron chi connectivity index (χ3n) is 4.30. The highest BCUT2D eigenvalue weighted by molar-refractivity contribution is 7.99. The molecule has 2 heterocycles. The van der Waals surface area contributed by atoms with Crippen molar-refractivity contribution in [2.75, 3.05) is 13.2 Å². The topological polar surface area (TPSA) is 73.1 Å². The molecule has 0 aromatic carbocycles. The van der Waals surface area contributed by atoms with Crippen LogP contribution in [-0.2, 0) is 11.3 Å². The summed E-state index contributed by atoms with van der Waals surface area (Å²) in [5.41, 5.74) is 0.115. The van der Waals surface area contributed by atoms with Crippen molar-refractivity contribution >= 4 is 11.8 Å². The number of rotatable bonds is 4. The van der Waals surface area contributed by atoms with Gasteiger partial charge in [-0.25, -0.2) is 4.68 Å². The summed E-state index contributed by atoms with van der Waals surface area (Å²) in [6.07, 6.45) is 8.48. The number of aliphatic hydroxyl groups is 1. The molecule has 3 rings (SSSR count). The van der Waals surface area contributed by atoms with E-state index < -0.39 is 0 Å². The maximum Gasteiger partial charge on any atom is 0.209 e. The Labute approximate surface area is 123 Å². The smallest absolute Gasteiger partial charge is 0.209 e. The number of aliphatic hydroxyl groups excluding tert-OH is 1. The van der Waals surface area contributed by atoms with Gasteiger partial charge in [-0.15, -0.1) is 5.10 Å². The van der Waals surface area contributed by atoms with Gasteiger partial charge < -0.3 is 9.84 Å². The molecule has 0 radical (unpaired) electrons. The van der Waals surface area contributed by atoms with Gasteiger partial charge in [-0.2, -0.15) is 0 Å². The molecular weight excluding hydrogens is 276 g/mol. The first-order valence-corrected chi connectivity index (χ1v) is 8.37. The number of hydrogen-bond acceptors (Lipinski definition) is 6. The number of hydrogen-bond donors (Lipinski definition) is 1. The molecule has 0 bridgehead atoms. The Bertz CT molecular complexity index is 428. The van der Waals surface area contributed by atoms with E-state index in [1.165, 1.54) is 32.1 Å². The number of nitrogens with zero attached hydrogens (tertiary/aromatic N) is 4. The fourth-order valence-electron chi connectivity index (χ4n) is 3.29. The van der Waals surface area contributed by atoms with Gasteiger partial charge in [-0.3, -0.25) is 0 Å². The van der Waals surface area contributed by atoms with Gasteiger partial charge in [0.1, 0.15) is 0 Å². The summed E-state index contributed by atoms with van der Waals surface area (Å²) >= 11 is 1.74. The van der Waals surface area contributed by atoms with Gasteiger partial charge in [0.05, 0.1) is 18.8 Å². The number of aromatic nitrogens is 4. The molecule has 1 N–H and O–H groups in total. The summed E-state index contributed by atoms with van der Waals surface area (Å²) < 4.78 is 7.81.